The van der Waals surface area contributed by atoms with Gasteiger partial charge >= 0.3 is 0 Å². The summed E-state index contributed by atoms with van der Waals surface area (Å²) < 4.78 is 20.9. The molecule has 0 radical (unpaired) electrons. The van der Waals surface area contributed by atoms with Crippen molar-refractivity contribution in [3.8, 4) is 11.3 Å². The molecule has 1 aliphatic heterocycles. The van der Waals surface area contributed by atoms with E-state index in [0.717, 1.165) is 18.3 Å². The Hall–Kier alpha value is -4.32. The molecule has 5 N–H and O–H groups in total. The lowest BCUT2D eigenvalue weighted by molar-refractivity contribution is -0.111. The lowest BCUT2D eigenvalue weighted by atomic mass is 10.1. The SMILES string of the molecule is C=CC(=O)Nc1ccnc(-c2c(F)ccc3cnc(Nc4ccc(C5OCCNC5CN)nc4)nc23)c1. The number of carbonyl (C=O) groups excluding carboxylic acids is 1. The molecule has 0 bridgehead atoms. The molecule has 1 aliphatic rings. The Morgan fingerprint density at radius 2 is 2.08 bits per heavy atom. The van der Waals surface area contributed by atoms with Gasteiger partial charge in [0, 0.05) is 36.6 Å². The van der Waals surface area contributed by atoms with Gasteiger partial charge < -0.3 is 26.4 Å². The number of fused-ring (bicyclic) bond motifs is 1. The Kier molecular flexibility index (Phi) is 7.08. The van der Waals surface area contributed by atoms with Gasteiger partial charge in [-0.3, -0.25) is 14.8 Å². The van der Waals surface area contributed by atoms with E-state index < -0.39 is 5.82 Å². The lowest BCUT2D eigenvalue weighted by Gasteiger charge is -2.31. The molecule has 37 heavy (non-hydrogen) atoms. The standard InChI is InChI=1S/C26H25FN8O2/c1-2-22(36)33-16-7-8-29-20(11-16)23-18(27)5-3-15-13-32-26(35-24(15)23)34-17-4-6-19(31-14-17)25-21(12-28)30-9-10-37-25/h2-8,11,13-14,21,25,30H,1,9-10,12,28H2,(H,29,33,36)(H,32,34,35). The van der Waals surface area contributed by atoms with E-state index in [1.54, 1.807) is 30.6 Å². The fourth-order valence-electron chi connectivity index (χ4n) is 4.14. The summed E-state index contributed by atoms with van der Waals surface area (Å²) in [5.74, 6) is -0.618. The van der Waals surface area contributed by atoms with Crippen LogP contribution in [-0.2, 0) is 9.53 Å². The molecule has 11 heteroatoms. The number of nitrogens with one attached hydrogen (secondary N) is 3. The Bertz CT molecular complexity index is 1450. The van der Waals surface area contributed by atoms with E-state index in [1.807, 2.05) is 12.1 Å². The monoisotopic (exact) mass is 500 g/mol. The maximum Gasteiger partial charge on any atom is 0.247 e. The van der Waals surface area contributed by atoms with Gasteiger partial charge in [-0.2, -0.15) is 0 Å². The number of morpholine rings is 1. The van der Waals surface area contributed by atoms with Gasteiger partial charge in [-0.25, -0.2) is 14.4 Å². The topological polar surface area (TPSA) is 140 Å². The van der Waals surface area contributed by atoms with Crippen LogP contribution in [0.5, 0.6) is 0 Å². The summed E-state index contributed by atoms with van der Waals surface area (Å²) in [4.78, 5) is 29.5. The molecule has 1 aromatic carbocycles. The molecule has 3 aromatic heterocycles. The van der Waals surface area contributed by atoms with Crippen molar-refractivity contribution in [2.24, 2.45) is 5.73 Å². The first-order valence-corrected chi connectivity index (χ1v) is 11.7. The largest absolute Gasteiger partial charge is 0.369 e. The summed E-state index contributed by atoms with van der Waals surface area (Å²) >= 11 is 0. The molecule has 188 valence electrons. The molecule has 0 saturated carbocycles. The molecular formula is C26H25FN8O2. The van der Waals surface area contributed by atoms with Crippen LogP contribution in [0, 0.1) is 5.82 Å². The van der Waals surface area contributed by atoms with Gasteiger partial charge in [0.1, 0.15) is 11.9 Å². The average Bonchev–Trinajstić information content (AvgIpc) is 2.93. The third-order valence-electron chi connectivity index (χ3n) is 5.93. The molecule has 0 aliphatic carbocycles. The second-order valence-corrected chi connectivity index (χ2v) is 8.36. The number of aromatic nitrogens is 4. The number of pyridine rings is 2. The minimum atomic E-state index is -0.501. The lowest BCUT2D eigenvalue weighted by Crippen LogP contribution is -2.48. The van der Waals surface area contributed by atoms with Crippen LogP contribution in [0.25, 0.3) is 22.2 Å². The first-order valence-electron chi connectivity index (χ1n) is 11.7. The van der Waals surface area contributed by atoms with Crippen LogP contribution in [0.1, 0.15) is 11.8 Å². The average molecular weight is 501 g/mol. The van der Waals surface area contributed by atoms with Gasteiger partial charge in [-0.05, 0) is 42.5 Å². The van der Waals surface area contributed by atoms with E-state index in [-0.39, 0.29) is 29.6 Å². The van der Waals surface area contributed by atoms with Crippen molar-refractivity contribution in [2.45, 2.75) is 12.1 Å². The zero-order chi connectivity index (χ0) is 25.8. The van der Waals surface area contributed by atoms with Gasteiger partial charge in [0.05, 0.1) is 47.0 Å². The van der Waals surface area contributed by atoms with Crippen molar-refractivity contribution in [1.29, 1.82) is 0 Å². The van der Waals surface area contributed by atoms with Crippen LogP contribution < -0.4 is 21.7 Å². The quantitative estimate of drug-likeness (QED) is 0.282. The van der Waals surface area contributed by atoms with E-state index in [0.29, 0.717) is 41.1 Å². The van der Waals surface area contributed by atoms with Crippen LogP contribution >= 0.6 is 0 Å². The maximum atomic E-state index is 15.0. The first-order chi connectivity index (χ1) is 18.1. The minimum Gasteiger partial charge on any atom is -0.369 e. The highest BCUT2D eigenvalue weighted by atomic mass is 19.1. The fourth-order valence-corrected chi connectivity index (χ4v) is 4.14. The number of anilines is 3. The highest BCUT2D eigenvalue weighted by molar-refractivity contribution is 6.00. The Labute approximate surface area is 212 Å². The molecule has 10 nitrogen and oxygen atoms in total. The van der Waals surface area contributed by atoms with Crippen LogP contribution in [0.4, 0.5) is 21.7 Å². The fraction of sp³-hybridized carbons (Fsp3) is 0.192. The number of nitrogens with zero attached hydrogens (tertiary/aromatic N) is 4. The molecule has 4 heterocycles. The van der Waals surface area contributed by atoms with E-state index in [4.69, 9.17) is 10.5 Å². The number of carbonyl (C=O) groups is 1. The summed E-state index contributed by atoms with van der Waals surface area (Å²) in [7, 11) is 0. The zero-order valence-electron chi connectivity index (χ0n) is 19.8. The van der Waals surface area contributed by atoms with Crippen molar-refractivity contribution >= 4 is 34.1 Å². The van der Waals surface area contributed by atoms with Crippen molar-refractivity contribution in [1.82, 2.24) is 25.3 Å². The molecule has 2 unspecified atom stereocenters. The van der Waals surface area contributed by atoms with Gasteiger partial charge in [-0.15, -0.1) is 0 Å². The van der Waals surface area contributed by atoms with Crippen molar-refractivity contribution < 1.29 is 13.9 Å². The van der Waals surface area contributed by atoms with Crippen LogP contribution in [-0.4, -0.2) is 51.6 Å². The second-order valence-electron chi connectivity index (χ2n) is 8.36. The molecule has 2 atom stereocenters. The van der Waals surface area contributed by atoms with Crippen LogP contribution in [0.15, 0.2) is 67.6 Å². The normalized spacial score (nSPS) is 17.4. The van der Waals surface area contributed by atoms with Crippen LogP contribution in [0.3, 0.4) is 0 Å². The predicted octanol–water partition coefficient (Wildman–Crippen LogP) is 3.08. The molecule has 4 aromatic rings. The van der Waals surface area contributed by atoms with E-state index in [2.05, 4.69) is 42.5 Å². The van der Waals surface area contributed by atoms with Crippen molar-refractivity contribution in [2.75, 3.05) is 30.3 Å². The highest BCUT2D eigenvalue weighted by Crippen LogP contribution is 2.31. The number of amides is 1. The third kappa shape index (κ3) is 5.28. The van der Waals surface area contributed by atoms with Gasteiger partial charge in [-0.1, -0.05) is 6.58 Å². The number of hydrogen-bond donors (Lipinski definition) is 4. The molecule has 1 fully saturated rings. The van der Waals surface area contributed by atoms with Crippen molar-refractivity contribution in [3.05, 3.63) is 79.2 Å². The molecular weight excluding hydrogens is 475 g/mol. The Morgan fingerprint density at radius 3 is 2.86 bits per heavy atom. The van der Waals surface area contributed by atoms with Gasteiger partial charge in [0.15, 0.2) is 0 Å². The maximum absolute atomic E-state index is 15.0. The number of hydrogen-bond acceptors (Lipinski definition) is 9. The Balaban J connectivity index is 1.44. The van der Waals surface area contributed by atoms with E-state index >= 15 is 4.39 Å². The minimum absolute atomic E-state index is 0.00518. The summed E-state index contributed by atoms with van der Waals surface area (Å²) in [5.41, 5.74) is 8.62. The van der Waals surface area contributed by atoms with E-state index in [9.17, 15) is 4.79 Å². The number of benzene rings is 1. The summed E-state index contributed by atoms with van der Waals surface area (Å²) in [6, 6.07) is 9.83. The summed E-state index contributed by atoms with van der Waals surface area (Å²) in [5, 5.41) is 9.75. The smallest absolute Gasteiger partial charge is 0.247 e. The number of ether oxygens (including phenoxy) is 1. The third-order valence-corrected chi connectivity index (χ3v) is 5.93. The Morgan fingerprint density at radius 1 is 1.19 bits per heavy atom. The first kappa shape index (κ1) is 24.4. The van der Waals surface area contributed by atoms with Crippen LogP contribution in [0.2, 0.25) is 0 Å². The highest BCUT2D eigenvalue weighted by Gasteiger charge is 2.27. The molecule has 1 amide bonds. The number of nitrogens with two attached hydrogens (primary N) is 1. The molecule has 1 saturated heterocycles. The zero-order valence-corrected chi connectivity index (χ0v) is 19.8. The second kappa shape index (κ2) is 10.7. The molecule has 0 spiro atoms. The number of rotatable bonds is 7. The summed E-state index contributed by atoms with van der Waals surface area (Å²) in [6.07, 6.45) is 5.68. The van der Waals surface area contributed by atoms with Gasteiger partial charge in [0.2, 0.25) is 11.9 Å². The van der Waals surface area contributed by atoms with Gasteiger partial charge in [0.25, 0.3) is 0 Å². The van der Waals surface area contributed by atoms with E-state index in [1.165, 1.54) is 12.3 Å². The predicted molar refractivity (Wildman–Crippen MR) is 139 cm³/mol. The number of halogens is 1. The summed E-state index contributed by atoms with van der Waals surface area (Å²) in [6.45, 7) is 5.22. The molecule has 5 rings (SSSR count). The van der Waals surface area contributed by atoms with Crippen molar-refractivity contribution in [3.63, 3.8) is 0 Å².